The van der Waals surface area contributed by atoms with E-state index < -0.39 is 5.97 Å². The first-order valence-corrected chi connectivity index (χ1v) is 6.73. The Labute approximate surface area is 125 Å². The predicted molar refractivity (Wildman–Crippen MR) is 75.0 cm³/mol. The lowest BCUT2D eigenvalue weighted by molar-refractivity contribution is 0.0519. The molecular weight excluding hydrogens is 286 g/mol. The van der Waals surface area contributed by atoms with Crippen LogP contribution in [0.25, 0.3) is 11.3 Å². The van der Waals surface area contributed by atoms with E-state index in [4.69, 9.17) is 13.7 Å². The molecule has 0 amide bonds. The lowest BCUT2D eigenvalue weighted by Gasteiger charge is -1.94. The van der Waals surface area contributed by atoms with Crippen LogP contribution in [0, 0.1) is 0 Å². The smallest absolute Gasteiger partial charge is 0.360 e. The van der Waals surface area contributed by atoms with Crippen molar-refractivity contribution in [3.8, 4) is 11.3 Å². The minimum Gasteiger partial charge on any atom is -0.461 e. The van der Waals surface area contributed by atoms with Gasteiger partial charge in [-0.25, -0.2) is 9.78 Å². The van der Waals surface area contributed by atoms with Gasteiger partial charge in [0.15, 0.2) is 11.5 Å². The third kappa shape index (κ3) is 3.03. The molecule has 0 aromatic carbocycles. The summed E-state index contributed by atoms with van der Waals surface area (Å²) in [4.78, 5) is 19.6. The van der Waals surface area contributed by atoms with Crippen LogP contribution in [-0.4, -0.2) is 27.7 Å². The second kappa shape index (κ2) is 6.21. The molecule has 0 spiro atoms. The average molecular weight is 299 g/mol. The minimum atomic E-state index is -0.506. The first kappa shape index (κ1) is 14.0. The van der Waals surface area contributed by atoms with Crippen LogP contribution in [0.1, 0.15) is 29.0 Å². The minimum absolute atomic E-state index is 0.146. The number of rotatable bonds is 5. The fraction of sp³-hybridized carbons (Fsp3) is 0.200. The van der Waals surface area contributed by atoms with Crippen LogP contribution < -0.4 is 0 Å². The molecule has 7 nitrogen and oxygen atoms in total. The van der Waals surface area contributed by atoms with Crippen LogP contribution in [0.15, 0.2) is 45.8 Å². The van der Waals surface area contributed by atoms with Crippen molar-refractivity contribution in [2.75, 3.05) is 6.61 Å². The van der Waals surface area contributed by atoms with E-state index in [2.05, 4.69) is 15.1 Å². The highest BCUT2D eigenvalue weighted by molar-refractivity contribution is 5.86. The fourth-order valence-electron chi connectivity index (χ4n) is 1.89. The number of hydrogen-bond acceptors (Lipinski definition) is 7. The van der Waals surface area contributed by atoms with Gasteiger partial charge in [-0.1, -0.05) is 5.16 Å². The van der Waals surface area contributed by atoms with Crippen molar-refractivity contribution in [1.82, 2.24) is 15.1 Å². The lowest BCUT2D eigenvalue weighted by Crippen LogP contribution is -2.05. The van der Waals surface area contributed by atoms with Gasteiger partial charge in [-0.05, 0) is 19.1 Å². The van der Waals surface area contributed by atoms with E-state index in [1.807, 2.05) is 12.1 Å². The molecule has 22 heavy (non-hydrogen) atoms. The highest BCUT2D eigenvalue weighted by Gasteiger charge is 2.15. The van der Waals surface area contributed by atoms with Crippen molar-refractivity contribution in [2.45, 2.75) is 13.3 Å². The number of hydrogen-bond donors (Lipinski definition) is 0. The number of oxazole rings is 1. The number of ether oxygens (including phenoxy) is 1. The molecule has 0 fully saturated rings. The van der Waals surface area contributed by atoms with Crippen LogP contribution in [0.3, 0.4) is 0 Å². The SMILES string of the molecule is CCOC(=O)c1coc(Cc2cc(-c3cccnc3)on2)n1. The van der Waals surface area contributed by atoms with Gasteiger partial charge in [-0.15, -0.1) is 0 Å². The molecule has 3 heterocycles. The molecule has 3 rings (SSSR count). The Morgan fingerprint density at radius 2 is 2.32 bits per heavy atom. The standard InChI is InChI=1S/C15H13N3O4/c1-2-20-15(19)12-9-21-14(17-12)7-11-6-13(22-18-11)10-4-3-5-16-8-10/h3-6,8-9H,2,7H2,1H3. The molecule has 0 saturated heterocycles. The maximum absolute atomic E-state index is 11.5. The van der Waals surface area contributed by atoms with Gasteiger partial charge in [0.25, 0.3) is 0 Å². The molecule has 0 saturated carbocycles. The highest BCUT2D eigenvalue weighted by Crippen LogP contribution is 2.20. The molecule has 0 radical (unpaired) electrons. The van der Waals surface area contributed by atoms with E-state index in [1.54, 1.807) is 25.4 Å². The number of carbonyl (C=O) groups excluding carboxylic acids is 1. The molecule has 0 N–H and O–H groups in total. The van der Waals surface area contributed by atoms with Crippen molar-refractivity contribution < 1.29 is 18.5 Å². The van der Waals surface area contributed by atoms with Crippen LogP contribution in [0.4, 0.5) is 0 Å². The third-order valence-electron chi connectivity index (χ3n) is 2.87. The first-order chi connectivity index (χ1) is 10.8. The van der Waals surface area contributed by atoms with Crippen molar-refractivity contribution in [3.05, 3.63) is 54.1 Å². The highest BCUT2D eigenvalue weighted by atomic mass is 16.5. The van der Waals surface area contributed by atoms with Gasteiger partial charge in [0.05, 0.1) is 18.7 Å². The Balaban J connectivity index is 1.72. The number of nitrogens with zero attached hydrogens (tertiary/aromatic N) is 3. The third-order valence-corrected chi connectivity index (χ3v) is 2.87. The summed E-state index contributed by atoms with van der Waals surface area (Å²) >= 11 is 0. The van der Waals surface area contributed by atoms with Crippen molar-refractivity contribution in [3.63, 3.8) is 0 Å². The van der Waals surface area contributed by atoms with E-state index in [-0.39, 0.29) is 5.69 Å². The summed E-state index contributed by atoms with van der Waals surface area (Å²) < 4.78 is 15.4. The van der Waals surface area contributed by atoms with E-state index in [0.29, 0.717) is 30.4 Å². The molecule has 0 aliphatic heterocycles. The van der Waals surface area contributed by atoms with Crippen molar-refractivity contribution in [1.29, 1.82) is 0 Å². The monoisotopic (exact) mass is 299 g/mol. The molecule has 112 valence electrons. The molecular formula is C15H13N3O4. The lowest BCUT2D eigenvalue weighted by atomic mass is 10.2. The number of aromatic nitrogens is 3. The molecule has 0 aliphatic rings. The predicted octanol–water partition coefficient (Wildman–Crippen LogP) is 2.49. The zero-order valence-corrected chi connectivity index (χ0v) is 11.9. The van der Waals surface area contributed by atoms with Gasteiger partial charge in [0, 0.05) is 24.0 Å². The van der Waals surface area contributed by atoms with Gasteiger partial charge in [0.1, 0.15) is 6.26 Å². The molecule has 0 atom stereocenters. The van der Waals surface area contributed by atoms with Crippen LogP contribution in [-0.2, 0) is 11.2 Å². The first-order valence-electron chi connectivity index (χ1n) is 6.73. The van der Waals surface area contributed by atoms with Gasteiger partial charge >= 0.3 is 5.97 Å². The summed E-state index contributed by atoms with van der Waals surface area (Å²) in [5.74, 6) is 0.475. The molecule has 7 heteroatoms. The van der Waals surface area contributed by atoms with Crippen LogP contribution in [0.5, 0.6) is 0 Å². The second-order valence-electron chi connectivity index (χ2n) is 4.45. The van der Waals surface area contributed by atoms with Crippen molar-refractivity contribution in [2.24, 2.45) is 0 Å². The largest absolute Gasteiger partial charge is 0.461 e. The van der Waals surface area contributed by atoms with E-state index >= 15 is 0 Å². The number of esters is 1. The quantitative estimate of drug-likeness (QED) is 0.668. The maximum atomic E-state index is 11.5. The topological polar surface area (TPSA) is 91.2 Å². The molecule has 0 aliphatic carbocycles. The summed E-state index contributed by atoms with van der Waals surface area (Å²) in [7, 11) is 0. The van der Waals surface area contributed by atoms with E-state index in [1.165, 1.54) is 6.26 Å². The van der Waals surface area contributed by atoms with Gasteiger partial charge in [-0.2, -0.15) is 0 Å². The zero-order valence-electron chi connectivity index (χ0n) is 11.9. The Morgan fingerprint density at radius 1 is 1.41 bits per heavy atom. The maximum Gasteiger partial charge on any atom is 0.360 e. The summed E-state index contributed by atoms with van der Waals surface area (Å²) in [5.41, 5.74) is 1.63. The normalized spacial score (nSPS) is 10.6. The fourth-order valence-corrected chi connectivity index (χ4v) is 1.89. The Bertz CT molecular complexity index is 764. The Kier molecular flexibility index (Phi) is 3.95. The summed E-state index contributed by atoms with van der Waals surface area (Å²) in [6.07, 6.45) is 4.97. The summed E-state index contributed by atoms with van der Waals surface area (Å²) in [5, 5.41) is 3.96. The molecule has 0 unspecified atom stereocenters. The molecule has 0 bridgehead atoms. The summed E-state index contributed by atoms with van der Waals surface area (Å²) in [6.45, 7) is 2.02. The van der Waals surface area contributed by atoms with E-state index in [0.717, 1.165) is 5.56 Å². The Hall–Kier alpha value is -2.96. The molecule has 3 aromatic rings. The zero-order chi connectivity index (χ0) is 15.4. The second-order valence-corrected chi connectivity index (χ2v) is 4.45. The van der Waals surface area contributed by atoms with Gasteiger partial charge in [-0.3, -0.25) is 4.98 Å². The van der Waals surface area contributed by atoms with Crippen LogP contribution >= 0.6 is 0 Å². The summed E-state index contributed by atoms with van der Waals surface area (Å²) in [6, 6.07) is 5.48. The Morgan fingerprint density at radius 3 is 3.09 bits per heavy atom. The van der Waals surface area contributed by atoms with Crippen molar-refractivity contribution >= 4 is 5.97 Å². The van der Waals surface area contributed by atoms with E-state index in [9.17, 15) is 4.79 Å². The van der Waals surface area contributed by atoms with Crippen LogP contribution in [0.2, 0.25) is 0 Å². The molecule has 3 aromatic heterocycles. The average Bonchev–Trinajstić information content (AvgIpc) is 3.18. The number of carbonyl (C=O) groups is 1. The van der Waals surface area contributed by atoms with Gasteiger partial charge < -0.3 is 13.7 Å². The number of pyridine rings is 1. The van der Waals surface area contributed by atoms with Gasteiger partial charge in [0.2, 0.25) is 5.89 Å².